The number of hydrogen-bond donors (Lipinski definition) is 0. The second-order valence-electron chi connectivity index (χ2n) is 6.37. The first kappa shape index (κ1) is 21.3. The third-order valence-corrected chi connectivity index (χ3v) is 4.44. The maximum atomic E-state index is 13.3. The Bertz CT molecular complexity index is 601. The van der Waals surface area contributed by atoms with Crippen molar-refractivity contribution in [2.45, 2.75) is 59.6 Å². The predicted octanol–water partition coefficient (Wildman–Crippen LogP) is 6.72. The summed E-state index contributed by atoms with van der Waals surface area (Å²) in [6.45, 7) is 8.58. The normalized spacial score (nSPS) is 20.0. The number of allylic oxidation sites excluding steroid dienone is 10. The zero-order chi connectivity index (χ0) is 19.0. The summed E-state index contributed by atoms with van der Waals surface area (Å²) in [5.41, 5.74) is 3.21. The molecule has 0 saturated carbocycles. The van der Waals surface area contributed by atoms with Crippen molar-refractivity contribution in [1.82, 2.24) is 4.90 Å². The van der Waals surface area contributed by atoms with Gasteiger partial charge in [0.25, 0.3) is 0 Å². The molecular formula is C21H30F3N. The van der Waals surface area contributed by atoms with Gasteiger partial charge in [0, 0.05) is 19.3 Å². The van der Waals surface area contributed by atoms with Crippen LogP contribution in [-0.2, 0) is 0 Å². The second kappa shape index (κ2) is 9.69. The van der Waals surface area contributed by atoms with Crippen LogP contribution in [0, 0.1) is 0 Å². The molecule has 0 aromatic carbocycles. The van der Waals surface area contributed by atoms with Gasteiger partial charge in [0.2, 0.25) is 0 Å². The maximum Gasteiger partial charge on any atom is 0.416 e. The Morgan fingerprint density at radius 2 is 1.92 bits per heavy atom. The molecule has 0 spiro atoms. The SMILES string of the molecule is C\C=C/C(=C\C(=C\CC)C(F)(F)F)C(/C=C1/CCCN1C)=C(C)CC. The van der Waals surface area contributed by atoms with Crippen molar-refractivity contribution >= 4 is 0 Å². The lowest BCUT2D eigenvalue weighted by atomic mass is 9.95. The van der Waals surface area contributed by atoms with Crippen LogP contribution >= 0.6 is 0 Å². The van der Waals surface area contributed by atoms with Gasteiger partial charge in [0.15, 0.2) is 0 Å². The van der Waals surface area contributed by atoms with Crippen molar-refractivity contribution in [3.05, 3.63) is 58.4 Å². The van der Waals surface area contributed by atoms with Crippen LogP contribution in [-0.4, -0.2) is 24.7 Å². The van der Waals surface area contributed by atoms with E-state index in [1.165, 1.54) is 17.8 Å². The first-order valence-electron chi connectivity index (χ1n) is 8.98. The maximum absolute atomic E-state index is 13.3. The first-order chi connectivity index (χ1) is 11.7. The van der Waals surface area contributed by atoms with Crippen molar-refractivity contribution in [3.8, 4) is 0 Å². The van der Waals surface area contributed by atoms with Crippen LogP contribution in [0.1, 0.15) is 53.4 Å². The van der Waals surface area contributed by atoms with E-state index in [0.29, 0.717) is 12.0 Å². The molecule has 1 aliphatic heterocycles. The molecular weight excluding hydrogens is 323 g/mol. The number of likely N-dealkylation sites (tertiary alicyclic amines) is 1. The predicted molar refractivity (Wildman–Crippen MR) is 100 cm³/mol. The van der Waals surface area contributed by atoms with Gasteiger partial charge in [0.1, 0.15) is 0 Å². The highest BCUT2D eigenvalue weighted by atomic mass is 19.4. The molecule has 0 atom stereocenters. The minimum absolute atomic E-state index is 0.351. The zero-order valence-corrected chi connectivity index (χ0v) is 16.0. The van der Waals surface area contributed by atoms with Gasteiger partial charge in [-0.05, 0) is 62.8 Å². The number of nitrogens with zero attached hydrogens (tertiary/aromatic N) is 1. The molecule has 0 radical (unpaired) electrons. The van der Waals surface area contributed by atoms with Crippen LogP contribution in [0.15, 0.2) is 58.4 Å². The van der Waals surface area contributed by atoms with Crippen molar-refractivity contribution < 1.29 is 13.2 Å². The minimum Gasteiger partial charge on any atom is -0.378 e. The Labute approximate surface area is 150 Å². The molecule has 1 heterocycles. The molecule has 0 N–H and O–H groups in total. The average molecular weight is 353 g/mol. The van der Waals surface area contributed by atoms with E-state index in [1.807, 2.05) is 27.8 Å². The topological polar surface area (TPSA) is 3.24 Å². The molecule has 4 heteroatoms. The van der Waals surface area contributed by atoms with Gasteiger partial charge in [0.05, 0.1) is 5.57 Å². The van der Waals surface area contributed by atoms with E-state index in [2.05, 4.69) is 11.0 Å². The Morgan fingerprint density at radius 1 is 1.24 bits per heavy atom. The number of alkyl halides is 3. The Kier molecular flexibility index (Phi) is 8.27. The van der Waals surface area contributed by atoms with E-state index in [1.54, 1.807) is 19.1 Å². The lowest BCUT2D eigenvalue weighted by molar-refractivity contribution is -0.0884. The van der Waals surface area contributed by atoms with E-state index in [9.17, 15) is 13.2 Å². The van der Waals surface area contributed by atoms with Gasteiger partial charge in [-0.3, -0.25) is 0 Å². The highest BCUT2D eigenvalue weighted by molar-refractivity contribution is 5.53. The number of rotatable bonds is 6. The molecule has 0 unspecified atom stereocenters. The first-order valence-corrected chi connectivity index (χ1v) is 8.98. The summed E-state index contributed by atoms with van der Waals surface area (Å²) in [5.74, 6) is 0. The Morgan fingerprint density at radius 3 is 2.36 bits per heavy atom. The van der Waals surface area contributed by atoms with Gasteiger partial charge in [-0.25, -0.2) is 0 Å². The fourth-order valence-corrected chi connectivity index (χ4v) is 2.86. The quantitative estimate of drug-likeness (QED) is 0.479. The van der Waals surface area contributed by atoms with Crippen LogP contribution < -0.4 is 0 Å². The molecule has 0 amide bonds. The van der Waals surface area contributed by atoms with Crippen LogP contribution in [0.25, 0.3) is 0 Å². The molecule has 25 heavy (non-hydrogen) atoms. The van der Waals surface area contributed by atoms with Gasteiger partial charge < -0.3 is 4.90 Å². The summed E-state index contributed by atoms with van der Waals surface area (Å²) in [4.78, 5) is 2.18. The minimum atomic E-state index is -4.34. The van der Waals surface area contributed by atoms with E-state index < -0.39 is 11.7 Å². The molecule has 1 saturated heterocycles. The van der Waals surface area contributed by atoms with Gasteiger partial charge in [-0.1, -0.05) is 37.6 Å². The van der Waals surface area contributed by atoms with Crippen LogP contribution in [0.3, 0.4) is 0 Å². The van der Waals surface area contributed by atoms with E-state index in [-0.39, 0.29) is 0 Å². The molecule has 0 aliphatic carbocycles. The smallest absolute Gasteiger partial charge is 0.378 e. The van der Waals surface area contributed by atoms with Crippen molar-refractivity contribution in [1.29, 1.82) is 0 Å². The van der Waals surface area contributed by atoms with Gasteiger partial charge >= 0.3 is 6.18 Å². The standard InChI is InChI=1S/C21H30F3N/c1-6-10-17(14-18(11-7-2)21(22,23)24)20(16(4)8-3)15-19-12-9-13-25(19)5/h6,10-11,14-15H,7-9,12-13H2,1-5H3/b10-6-,17-14+,18-11-,19-15-,20-16?. The summed E-state index contributed by atoms with van der Waals surface area (Å²) in [6.07, 6.45) is 7.04. The summed E-state index contributed by atoms with van der Waals surface area (Å²) < 4.78 is 40.0. The molecule has 0 aromatic heterocycles. The van der Waals surface area contributed by atoms with Crippen LogP contribution in [0.5, 0.6) is 0 Å². The Balaban J connectivity index is 3.50. The average Bonchev–Trinajstić information content (AvgIpc) is 2.95. The molecule has 1 aliphatic rings. The van der Waals surface area contributed by atoms with Gasteiger partial charge in [-0.2, -0.15) is 13.2 Å². The van der Waals surface area contributed by atoms with Crippen molar-refractivity contribution in [3.63, 3.8) is 0 Å². The van der Waals surface area contributed by atoms with Gasteiger partial charge in [-0.15, -0.1) is 0 Å². The fraction of sp³-hybridized carbons (Fsp3) is 0.524. The van der Waals surface area contributed by atoms with Crippen LogP contribution in [0.4, 0.5) is 13.2 Å². The summed E-state index contributed by atoms with van der Waals surface area (Å²) in [7, 11) is 2.04. The largest absolute Gasteiger partial charge is 0.416 e. The highest BCUT2D eigenvalue weighted by Crippen LogP contribution is 2.32. The lowest BCUT2D eigenvalue weighted by Crippen LogP contribution is -2.12. The summed E-state index contributed by atoms with van der Waals surface area (Å²) in [6, 6.07) is 0. The number of halogens is 3. The zero-order valence-electron chi connectivity index (χ0n) is 16.0. The van der Waals surface area contributed by atoms with E-state index in [0.717, 1.165) is 37.0 Å². The second-order valence-corrected chi connectivity index (χ2v) is 6.37. The molecule has 0 bridgehead atoms. The molecule has 140 valence electrons. The fourth-order valence-electron chi connectivity index (χ4n) is 2.86. The molecule has 1 fully saturated rings. The Hall–Kier alpha value is -1.71. The van der Waals surface area contributed by atoms with E-state index >= 15 is 0 Å². The molecule has 1 rings (SSSR count). The lowest BCUT2D eigenvalue weighted by Gasteiger charge is -2.17. The van der Waals surface area contributed by atoms with E-state index in [4.69, 9.17) is 0 Å². The van der Waals surface area contributed by atoms with Crippen molar-refractivity contribution in [2.75, 3.05) is 13.6 Å². The van der Waals surface area contributed by atoms with Crippen LogP contribution in [0.2, 0.25) is 0 Å². The third kappa shape index (κ3) is 6.26. The van der Waals surface area contributed by atoms with Crippen molar-refractivity contribution in [2.24, 2.45) is 0 Å². The molecule has 1 nitrogen and oxygen atoms in total. The summed E-state index contributed by atoms with van der Waals surface area (Å²) >= 11 is 0. The summed E-state index contributed by atoms with van der Waals surface area (Å²) in [5, 5.41) is 0. The molecule has 0 aromatic rings. The highest BCUT2D eigenvalue weighted by Gasteiger charge is 2.32. The number of hydrogen-bond acceptors (Lipinski definition) is 1. The monoisotopic (exact) mass is 353 g/mol. The third-order valence-electron chi connectivity index (χ3n) is 4.44.